The highest BCUT2D eigenvalue weighted by atomic mass is 16.5. The van der Waals surface area contributed by atoms with Gasteiger partial charge in [-0.25, -0.2) is 0 Å². The number of hydrogen-bond acceptors (Lipinski definition) is 11. The Morgan fingerprint density at radius 2 is 1.72 bits per heavy atom. The summed E-state index contributed by atoms with van der Waals surface area (Å²) in [4.78, 5) is 15.8. The molecule has 11 heteroatoms. The molecule has 0 aliphatic carbocycles. The van der Waals surface area contributed by atoms with E-state index in [0.717, 1.165) is 39.3 Å². The molecule has 2 aliphatic rings. The first-order valence-electron chi connectivity index (χ1n) is 13.0. The van der Waals surface area contributed by atoms with Crippen molar-refractivity contribution in [3.8, 4) is 22.6 Å². The first-order valence-corrected chi connectivity index (χ1v) is 13.0. The van der Waals surface area contributed by atoms with Gasteiger partial charge in [-0.1, -0.05) is 12.1 Å². The fourth-order valence-corrected chi connectivity index (χ4v) is 5.06. The zero-order chi connectivity index (χ0) is 27.5. The Balaban J connectivity index is 1.34. The lowest BCUT2D eigenvalue weighted by Crippen LogP contribution is -2.55. The number of phenolic OH excluding ortho intramolecular Hbond substituents is 1. The van der Waals surface area contributed by atoms with Crippen LogP contribution in [0.5, 0.6) is 11.5 Å². The van der Waals surface area contributed by atoms with Crippen LogP contribution >= 0.6 is 0 Å². The minimum atomic E-state index is -1.65. The standard InChI is InChI=1S/C28H33NO10/c30-14-21-24(33)25(34)26(35)28(39-21)22-20(31)7-6-18-23(32)19(15-38-27(18)22)16-2-4-17(5-3-16)37-11-1-8-29-9-12-36-13-10-29/h2-7,15,21,24-26,28,30-31,33-35H,1,8-14H2/t21-,24-,25+,26-,28+/m1/s1. The Morgan fingerprint density at radius 3 is 2.44 bits per heavy atom. The Bertz CT molecular complexity index is 1320. The Labute approximate surface area is 224 Å². The molecule has 0 radical (unpaired) electrons. The van der Waals surface area contributed by atoms with E-state index in [1.807, 2.05) is 0 Å². The maximum atomic E-state index is 13.4. The normalized spacial score (nSPS) is 26.1. The predicted octanol–water partition coefficient (Wildman–Crippen LogP) is 0.782. The van der Waals surface area contributed by atoms with Gasteiger partial charge >= 0.3 is 0 Å². The molecule has 0 spiro atoms. The molecule has 2 aliphatic heterocycles. The number of phenols is 1. The summed E-state index contributed by atoms with van der Waals surface area (Å²) in [6.07, 6.45) is -5.26. The van der Waals surface area contributed by atoms with Crippen LogP contribution in [0.4, 0.5) is 0 Å². The van der Waals surface area contributed by atoms with Crippen molar-refractivity contribution in [3.63, 3.8) is 0 Å². The van der Waals surface area contributed by atoms with E-state index < -0.39 is 37.1 Å². The third-order valence-electron chi connectivity index (χ3n) is 7.29. The molecule has 3 heterocycles. The monoisotopic (exact) mass is 543 g/mol. The molecule has 1 aromatic heterocycles. The number of rotatable bonds is 8. The summed E-state index contributed by atoms with van der Waals surface area (Å²) in [6, 6.07) is 9.75. The fraction of sp³-hybridized carbons (Fsp3) is 0.464. The van der Waals surface area contributed by atoms with E-state index in [0.29, 0.717) is 17.9 Å². The van der Waals surface area contributed by atoms with Gasteiger partial charge in [0, 0.05) is 19.6 Å². The van der Waals surface area contributed by atoms with Crippen LogP contribution in [0.25, 0.3) is 22.1 Å². The van der Waals surface area contributed by atoms with Crippen LogP contribution in [0, 0.1) is 0 Å². The molecule has 2 fully saturated rings. The zero-order valence-electron chi connectivity index (χ0n) is 21.3. The summed E-state index contributed by atoms with van der Waals surface area (Å²) in [7, 11) is 0. The second kappa shape index (κ2) is 12.0. The molecule has 5 N–H and O–H groups in total. The number of aromatic hydroxyl groups is 1. The van der Waals surface area contributed by atoms with E-state index in [2.05, 4.69) is 4.90 Å². The van der Waals surface area contributed by atoms with Gasteiger partial charge < -0.3 is 44.2 Å². The molecule has 5 rings (SSSR count). The highest BCUT2D eigenvalue weighted by molar-refractivity contribution is 5.86. The summed E-state index contributed by atoms with van der Waals surface area (Å²) < 4.78 is 22.6. The molecule has 2 aromatic carbocycles. The molecule has 11 nitrogen and oxygen atoms in total. The van der Waals surface area contributed by atoms with Crippen molar-refractivity contribution in [2.24, 2.45) is 0 Å². The van der Waals surface area contributed by atoms with E-state index >= 15 is 0 Å². The van der Waals surface area contributed by atoms with Crippen molar-refractivity contribution in [2.75, 3.05) is 46.1 Å². The van der Waals surface area contributed by atoms with Gasteiger partial charge in [-0.15, -0.1) is 0 Å². The third kappa shape index (κ3) is 5.66. The summed E-state index contributed by atoms with van der Waals surface area (Å²) >= 11 is 0. The second-order valence-electron chi connectivity index (χ2n) is 9.78. The Kier molecular flexibility index (Phi) is 8.48. The quantitative estimate of drug-likeness (QED) is 0.255. The lowest BCUT2D eigenvalue weighted by molar-refractivity contribution is -0.231. The van der Waals surface area contributed by atoms with Crippen LogP contribution in [0.1, 0.15) is 18.1 Å². The SMILES string of the molecule is O=c1c(-c2ccc(OCCCN3CCOCC3)cc2)coc2c([C@@H]3O[C@H](CO)[C@@H](O)[C@H](O)[C@H]3O)c(O)ccc12. The van der Waals surface area contributed by atoms with Crippen LogP contribution in [-0.2, 0) is 9.47 Å². The van der Waals surface area contributed by atoms with Crippen LogP contribution < -0.4 is 10.2 Å². The number of aliphatic hydroxyl groups excluding tert-OH is 4. The molecule has 5 atom stereocenters. The average Bonchev–Trinajstić information content (AvgIpc) is 2.96. The topological polar surface area (TPSA) is 162 Å². The van der Waals surface area contributed by atoms with Gasteiger partial charge in [0.05, 0.1) is 42.9 Å². The van der Waals surface area contributed by atoms with E-state index in [4.69, 9.17) is 18.6 Å². The van der Waals surface area contributed by atoms with Gasteiger partial charge in [-0.3, -0.25) is 9.69 Å². The number of benzene rings is 2. The summed E-state index contributed by atoms with van der Waals surface area (Å²) in [5.41, 5.74) is 0.420. The maximum absolute atomic E-state index is 13.4. The van der Waals surface area contributed by atoms with Crippen molar-refractivity contribution in [3.05, 3.63) is 58.4 Å². The largest absolute Gasteiger partial charge is 0.507 e. The summed E-state index contributed by atoms with van der Waals surface area (Å²) in [5, 5.41) is 51.1. The minimum Gasteiger partial charge on any atom is -0.507 e. The summed E-state index contributed by atoms with van der Waals surface area (Å²) in [6.45, 7) is 4.29. The van der Waals surface area contributed by atoms with Crippen molar-refractivity contribution >= 4 is 11.0 Å². The highest BCUT2D eigenvalue weighted by Crippen LogP contribution is 2.40. The maximum Gasteiger partial charge on any atom is 0.200 e. The van der Waals surface area contributed by atoms with Crippen molar-refractivity contribution in [1.82, 2.24) is 4.90 Å². The molecule has 210 valence electrons. The summed E-state index contributed by atoms with van der Waals surface area (Å²) in [5.74, 6) is 0.346. The first kappa shape index (κ1) is 27.5. The molecule has 0 unspecified atom stereocenters. The lowest BCUT2D eigenvalue weighted by atomic mass is 9.89. The minimum absolute atomic E-state index is 0.0340. The average molecular weight is 544 g/mol. The van der Waals surface area contributed by atoms with Crippen LogP contribution in [0.3, 0.4) is 0 Å². The molecule has 0 bridgehead atoms. The highest BCUT2D eigenvalue weighted by Gasteiger charge is 2.45. The van der Waals surface area contributed by atoms with Gasteiger partial charge in [0.25, 0.3) is 0 Å². The van der Waals surface area contributed by atoms with Gasteiger partial charge in [0.15, 0.2) is 0 Å². The van der Waals surface area contributed by atoms with Crippen molar-refractivity contribution in [1.29, 1.82) is 0 Å². The smallest absolute Gasteiger partial charge is 0.200 e. The van der Waals surface area contributed by atoms with Gasteiger partial charge in [-0.2, -0.15) is 0 Å². The van der Waals surface area contributed by atoms with Gasteiger partial charge in [-0.05, 0) is 36.2 Å². The molecule has 0 amide bonds. The number of nitrogens with zero attached hydrogens (tertiary/aromatic N) is 1. The third-order valence-corrected chi connectivity index (χ3v) is 7.29. The number of fused-ring (bicyclic) bond motifs is 1. The Hall–Kier alpha value is -3.03. The van der Waals surface area contributed by atoms with E-state index in [-0.39, 0.29) is 33.3 Å². The van der Waals surface area contributed by atoms with Crippen molar-refractivity contribution in [2.45, 2.75) is 36.9 Å². The predicted molar refractivity (Wildman–Crippen MR) is 140 cm³/mol. The number of aliphatic hydroxyl groups is 4. The van der Waals surface area contributed by atoms with E-state index in [1.165, 1.54) is 18.4 Å². The molecule has 0 saturated carbocycles. The molecule has 39 heavy (non-hydrogen) atoms. The fourth-order valence-electron chi connectivity index (χ4n) is 5.06. The van der Waals surface area contributed by atoms with E-state index in [9.17, 15) is 30.3 Å². The zero-order valence-corrected chi connectivity index (χ0v) is 21.3. The van der Waals surface area contributed by atoms with Crippen molar-refractivity contribution < 1.29 is 44.2 Å². The first-order chi connectivity index (χ1) is 18.9. The van der Waals surface area contributed by atoms with Gasteiger partial charge in [0.1, 0.15) is 53.9 Å². The number of hydrogen-bond donors (Lipinski definition) is 5. The second-order valence-corrected chi connectivity index (χ2v) is 9.78. The Morgan fingerprint density at radius 1 is 0.974 bits per heavy atom. The number of ether oxygens (including phenoxy) is 3. The van der Waals surface area contributed by atoms with E-state index in [1.54, 1.807) is 24.3 Å². The number of morpholine rings is 1. The molecule has 2 saturated heterocycles. The van der Waals surface area contributed by atoms with Crippen LogP contribution in [0.2, 0.25) is 0 Å². The lowest BCUT2D eigenvalue weighted by Gasteiger charge is -2.40. The van der Waals surface area contributed by atoms with Gasteiger partial charge in [0.2, 0.25) is 5.43 Å². The van der Waals surface area contributed by atoms with Crippen LogP contribution in [-0.4, -0.2) is 101 Å². The van der Waals surface area contributed by atoms with Crippen LogP contribution in [0.15, 0.2) is 51.9 Å². The molecular formula is C28H33NO10. The molecular weight excluding hydrogens is 510 g/mol. The molecule has 3 aromatic rings.